The fourth-order valence-electron chi connectivity index (χ4n) is 1.82. The lowest BCUT2D eigenvalue weighted by molar-refractivity contribution is 0.277. The predicted octanol–water partition coefficient (Wildman–Crippen LogP) is 2.33. The minimum atomic E-state index is 0.739. The van der Waals surface area contributed by atoms with Crippen LogP contribution in [0.15, 0.2) is 18.3 Å². The van der Waals surface area contributed by atoms with Gasteiger partial charge in [0.1, 0.15) is 0 Å². The maximum absolute atomic E-state index is 5.61. The molecule has 3 heteroatoms. The van der Waals surface area contributed by atoms with Gasteiger partial charge in [-0.15, -0.1) is 0 Å². The topological polar surface area (TPSA) is 42.1 Å². The van der Waals surface area contributed by atoms with Crippen molar-refractivity contribution in [3.63, 3.8) is 0 Å². The van der Waals surface area contributed by atoms with Crippen LogP contribution in [0.1, 0.15) is 32.4 Å². The largest absolute Gasteiger partial charge is 0.397 e. The van der Waals surface area contributed by atoms with Gasteiger partial charge in [-0.05, 0) is 38.1 Å². The number of aromatic nitrogens is 1. The maximum atomic E-state index is 5.61. The normalized spacial score (nSPS) is 10.9. The highest BCUT2D eigenvalue weighted by molar-refractivity contribution is 5.34. The third-order valence-electron chi connectivity index (χ3n) is 2.61. The monoisotopic (exact) mass is 221 g/mol. The van der Waals surface area contributed by atoms with Crippen LogP contribution in [-0.4, -0.2) is 29.5 Å². The van der Waals surface area contributed by atoms with Crippen LogP contribution in [0.25, 0.3) is 0 Å². The second-order valence-corrected chi connectivity index (χ2v) is 4.17. The van der Waals surface area contributed by atoms with E-state index >= 15 is 0 Å². The van der Waals surface area contributed by atoms with Crippen LogP contribution in [0.5, 0.6) is 0 Å². The molecule has 2 N–H and O–H groups in total. The number of hydrogen-bond acceptors (Lipinski definition) is 3. The first-order valence-corrected chi connectivity index (χ1v) is 6.19. The number of nitrogens with two attached hydrogens (primary N) is 1. The highest BCUT2D eigenvalue weighted by Gasteiger charge is 2.03. The minimum Gasteiger partial charge on any atom is -0.397 e. The summed E-state index contributed by atoms with van der Waals surface area (Å²) in [5, 5.41) is 0. The van der Waals surface area contributed by atoms with Crippen LogP contribution < -0.4 is 5.73 Å². The van der Waals surface area contributed by atoms with E-state index in [1.807, 2.05) is 12.1 Å². The highest BCUT2D eigenvalue weighted by atomic mass is 15.1. The third kappa shape index (κ3) is 4.62. The van der Waals surface area contributed by atoms with E-state index in [-0.39, 0.29) is 0 Å². The number of nitrogen functional groups attached to an aromatic ring is 1. The van der Waals surface area contributed by atoms with E-state index in [0.717, 1.165) is 24.3 Å². The summed E-state index contributed by atoms with van der Waals surface area (Å²) >= 11 is 0. The molecular weight excluding hydrogens is 198 g/mol. The molecule has 1 aromatic heterocycles. The van der Waals surface area contributed by atoms with Crippen LogP contribution in [0.2, 0.25) is 0 Å². The Kier molecular flexibility index (Phi) is 5.86. The van der Waals surface area contributed by atoms with Crippen LogP contribution >= 0.6 is 0 Å². The number of rotatable bonds is 7. The van der Waals surface area contributed by atoms with Crippen LogP contribution in [-0.2, 0) is 6.42 Å². The Morgan fingerprint density at radius 2 is 1.81 bits per heavy atom. The van der Waals surface area contributed by atoms with Gasteiger partial charge in [0.25, 0.3) is 0 Å². The van der Waals surface area contributed by atoms with Gasteiger partial charge >= 0.3 is 0 Å². The van der Waals surface area contributed by atoms with Gasteiger partial charge in [0.05, 0.1) is 11.9 Å². The van der Waals surface area contributed by atoms with Crippen molar-refractivity contribution in [3.8, 4) is 0 Å². The zero-order valence-corrected chi connectivity index (χ0v) is 10.4. The second kappa shape index (κ2) is 7.23. The van der Waals surface area contributed by atoms with Crippen molar-refractivity contribution in [2.45, 2.75) is 33.1 Å². The number of pyridine rings is 1. The Hall–Kier alpha value is -1.09. The van der Waals surface area contributed by atoms with Gasteiger partial charge in [-0.3, -0.25) is 4.98 Å². The molecule has 0 aliphatic heterocycles. The quantitative estimate of drug-likeness (QED) is 0.768. The van der Waals surface area contributed by atoms with Crippen LogP contribution in [0.3, 0.4) is 0 Å². The molecule has 0 aromatic carbocycles. The Labute approximate surface area is 98.7 Å². The van der Waals surface area contributed by atoms with Crippen molar-refractivity contribution in [2.24, 2.45) is 0 Å². The average Bonchev–Trinajstić information content (AvgIpc) is 2.29. The molecule has 1 aromatic rings. The first-order chi connectivity index (χ1) is 7.76. The lowest BCUT2D eigenvalue weighted by Gasteiger charge is -2.20. The molecular formula is C13H23N3. The fraction of sp³-hybridized carbons (Fsp3) is 0.615. The molecule has 0 saturated carbocycles. The van der Waals surface area contributed by atoms with Crippen molar-refractivity contribution in [2.75, 3.05) is 25.4 Å². The van der Waals surface area contributed by atoms with E-state index in [9.17, 15) is 0 Å². The molecule has 1 rings (SSSR count). The summed E-state index contributed by atoms with van der Waals surface area (Å²) in [5.74, 6) is 0. The standard InChI is InChI=1S/C13H23N3/c1-3-8-16(9-4-2)10-7-13-6-5-12(14)11-15-13/h5-6,11H,3-4,7-10,14H2,1-2H3. The molecule has 3 nitrogen and oxygen atoms in total. The molecule has 0 spiro atoms. The summed E-state index contributed by atoms with van der Waals surface area (Å²) in [6.07, 6.45) is 5.18. The average molecular weight is 221 g/mol. The van der Waals surface area contributed by atoms with E-state index in [0.29, 0.717) is 0 Å². The zero-order valence-electron chi connectivity index (χ0n) is 10.4. The molecule has 16 heavy (non-hydrogen) atoms. The molecule has 0 amide bonds. The van der Waals surface area contributed by atoms with Crippen molar-refractivity contribution in [1.29, 1.82) is 0 Å². The summed E-state index contributed by atoms with van der Waals surface area (Å²) in [7, 11) is 0. The van der Waals surface area contributed by atoms with Gasteiger partial charge < -0.3 is 10.6 Å². The van der Waals surface area contributed by atoms with Gasteiger partial charge in [0, 0.05) is 18.7 Å². The summed E-state index contributed by atoms with van der Waals surface area (Å²) in [4.78, 5) is 6.82. The molecule has 0 fully saturated rings. The van der Waals surface area contributed by atoms with E-state index < -0.39 is 0 Å². The molecule has 0 unspecified atom stereocenters. The van der Waals surface area contributed by atoms with Gasteiger partial charge in [0.2, 0.25) is 0 Å². The Morgan fingerprint density at radius 3 is 2.31 bits per heavy atom. The fourth-order valence-corrected chi connectivity index (χ4v) is 1.82. The zero-order chi connectivity index (χ0) is 11.8. The Morgan fingerprint density at radius 1 is 1.12 bits per heavy atom. The minimum absolute atomic E-state index is 0.739. The summed E-state index contributed by atoms with van der Waals surface area (Å²) < 4.78 is 0. The van der Waals surface area contributed by atoms with Crippen molar-refractivity contribution >= 4 is 5.69 Å². The molecule has 1 heterocycles. The Bertz CT molecular complexity index is 276. The van der Waals surface area contributed by atoms with E-state index in [4.69, 9.17) is 5.73 Å². The molecule has 0 aliphatic rings. The van der Waals surface area contributed by atoms with E-state index in [2.05, 4.69) is 23.7 Å². The summed E-state index contributed by atoms with van der Waals surface area (Å²) in [5.41, 5.74) is 7.47. The second-order valence-electron chi connectivity index (χ2n) is 4.17. The third-order valence-corrected chi connectivity index (χ3v) is 2.61. The van der Waals surface area contributed by atoms with Crippen LogP contribution in [0.4, 0.5) is 5.69 Å². The van der Waals surface area contributed by atoms with Gasteiger partial charge in [-0.2, -0.15) is 0 Å². The van der Waals surface area contributed by atoms with Crippen molar-refractivity contribution in [3.05, 3.63) is 24.0 Å². The predicted molar refractivity (Wildman–Crippen MR) is 69.4 cm³/mol. The SMILES string of the molecule is CCCN(CCC)CCc1ccc(N)cn1. The van der Waals surface area contributed by atoms with Crippen molar-refractivity contribution in [1.82, 2.24) is 9.88 Å². The first kappa shape index (κ1) is 13.0. The molecule has 90 valence electrons. The summed E-state index contributed by atoms with van der Waals surface area (Å²) in [6, 6.07) is 3.94. The lowest BCUT2D eigenvalue weighted by atomic mass is 10.2. The number of nitrogens with zero attached hydrogens (tertiary/aromatic N) is 2. The lowest BCUT2D eigenvalue weighted by Crippen LogP contribution is -2.27. The molecule has 0 saturated heterocycles. The molecule has 0 atom stereocenters. The number of hydrogen-bond donors (Lipinski definition) is 1. The molecule has 0 radical (unpaired) electrons. The molecule has 0 bridgehead atoms. The van der Waals surface area contributed by atoms with Gasteiger partial charge in [-0.25, -0.2) is 0 Å². The smallest absolute Gasteiger partial charge is 0.0501 e. The Balaban J connectivity index is 2.38. The van der Waals surface area contributed by atoms with Crippen molar-refractivity contribution < 1.29 is 0 Å². The van der Waals surface area contributed by atoms with Crippen LogP contribution in [0, 0.1) is 0 Å². The van der Waals surface area contributed by atoms with E-state index in [1.165, 1.54) is 25.9 Å². The molecule has 0 aliphatic carbocycles. The highest BCUT2D eigenvalue weighted by Crippen LogP contribution is 2.03. The number of anilines is 1. The van der Waals surface area contributed by atoms with E-state index in [1.54, 1.807) is 6.20 Å². The van der Waals surface area contributed by atoms with Gasteiger partial charge in [-0.1, -0.05) is 13.8 Å². The maximum Gasteiger partial charge on any atom is 0.0501 e. The summed E-state index contributed by atoms with van der Waals surface area (Å²) in [6.45, 7) is 7.92. The first-order valence-electron chi connectivity index (χ1n) is 6.19. The van der Waals surface area contributed by atoms with Gasteiger partial charge in [0.15, 0.2) is 0 Å².